The maximum absolute atomic E-state index is 14.8. The van der Waals surface area contributed by atoms with Crippen LogP contribution < -0.4 is 0 Å². The molecule has 0 aliphatic heterocycles. The second-order valence-corrected chi connectivity index (χ2v) is 9.24. The predicted octanol–water partition coefficient (Wildman–Crippen LogP) is 8.87. The minimum atomic E-state index is -4.97. The first-order valence-corrected chi connectivity index (χ1v) is 11.0. The number of carbonyl (C=O) groups is 1. The molecule has 2 aromatic rings. The second kappa shape index (κ2) is 9.29. The first-order chi connectivity index (χ1) is 14.8. The molecule has 1 nitrogen and oxygen atoms in total. The third kappa shape index (κ3) is 6.01. The molecule has 0 spiro atoms. The summed E-state index contributed by atoms with van der Waals surface area (Å²) in [6, 6.07) is 5.73. The fourth-order valence-corrected chi connectivity index (χ4v) is 3.84. The fourth-order valence-electron chi connectivity index (χ4n) is 3.19. The molecule has 1 unspecified atom stereocenters. The van der Waals surface area contributed by atoms with Crippen LogP contribution in [-0.2, 0) is 6.18 Å². The maximum Gasteiger partial charge on any atom is 0.417 e. The number of hydrogen-bond donors (Lipinski definition) is 0. The SMILES string of the molecule is O=C(CC1CC1)c1ccc(/C(F)=C/C(c2ccc(Br)c(Br)c2)C(F)(F)F)cc1C(F)(F)F. The van der Waals surface area contributed by atoms with Gasteiger partial charge in [-0.1, -0.05) is 18.2 Å². The molecule has 0 amide bonds. The normalized spacial score (nSPS) is 16.2. The average Bonchev–Trinajstić information content (AvgIpc) is 3.50. The highest BCUT2D eigenvalue weighted by Gasteiger charge is 2.41. The van der Waals surface area contributed by atoms with Crippen LogP contribution in [0.25, 0.3) is 5.83 Å². The Kier molecular flexibility index (Phi) is 7.24. The van der Waals surface area contributed by atoms with Crippen molar-refractivity contribution in [3.05, 3.63) is 73.7 Å². The third-order valence-electron chi connectivity index (χ3n) is 5.04. The molecule has 1 fully saturated rings. The summed E-state index contributed by atoms with van der Waals surface area (Å²) in [5, 5.41) is 0. The zero-order chi connectivity index (χ0) is 23.8. The molecule has 32 heavy (non-hydrogen) atoms. The quantitative estimate of drug-likeness (QED) is 0.244. The van der Waals surface area contributed by atoms with Gasteiger partial charge in [-0.05, 0) is 80.5 Å². The van der Waals surface area contributed by atoms with Crippen molar-refractivity contribution in [3.63, 3.8) is 0 Å². The van der Waals surface area contributed by atoms with E-state index in [0.29, 0.717) is 15.0 Å². The highest BCUT2D eigenvalue weighted by Crippen LogP contribution is 2.42. The van der Waals surface area contributed by atoms with Gasteiger partial charge >= 0.3 is 12.4 Å². The number of alkyl halides is 6. The van der Waals surface area contributed by atoms with Crippen LogP contribution in [0.2, 0.25) is 0 Å². The third-order valence-corrected chi connectivity index (χ3v) is 6.92. The lowest BCUT2D eigenvalue weighted by Gasteiger charge is -2.19. The average molecular weight is 588 g/mol. The molecule has 0 radical (unpaired) electrons. The van der Waals surface area contributed by atoms with E-state index in [1.165, 1.54) is 6.07 Å². The lowest BCUT2D eigenvalue weighted by atomic mass is 9.94. The van der Waals surface area contributed by atoms with E-state index in [1.54, 1.807) is 0 Å². The lowest BCUT2D eigenvalue weighted by Crippen LogP contribution is -2.19. The number of carbonyl (C=O) groups excluding carboxylic acids is 1. The molecule has 0 bridgehead atoms. The van der Waals surface area contributed by atoms with Gasteiger partial charge in [0.15, 0.2) is 5.78 Å². The fraction of sp³-hybridized carbons (Fsp3) is 0.318. The molecule has 0 aromatic heterocycles. The summed E-state index contributed by atoms with van der Waals surface area (Å²) in [7, 11) is 0. The van der Waals surface area contributed by atoms with Crippen molar-refractivity contribution in [1.82, 2.24) is 0 Å². The van der Waals surface area contributed by atoms with E-state index in [1.807, 2.05) is 0 Å². The van der Waals surface area contributed by atoms with Gasteiger partial charge in [0, 0.05) is 26.5 Å². The van der Waals surface area contributed by atoms with Crippen molar-refractivity contribution in [3.8, 4) is 0 Å². The van der Waals surface area contributed by atoms with Gasteiger partial charge in [-0.25, -0.2) is 4.39 Å². The lowest BCUT2D eigenvalue weighted by molar-refractivity contribution is -0.140. The zero-order valence-corrected chi connectivity index (χ0v) is 19.3. The van der Waals surface area contributed by atoms with Crippen LogP contribution in [0.5, 0.6) is 0 Å². The van der Waals surface area contributed by atoms with Crippen molar-refractivity contribution in [2.45, 2.75) is 37.5 Å². The van der Waals surface area contributed by atoms with Crippen LogP contribution >= 0.6 is 31.9 Å². The molecule has 1 aliphatic rings. The number of ketones is 1. The van der Waals surface area contributed by atoms with E-state index in [9.17, 15) is 35.5 Å². The summed E-state index contributed by atoms with van der Waals surface area (Å²) in [5.74, 6) is -4.54. The Morgan fingerprint density at radius 3 is 2.19 bits per heavy atom. The van der Waals surface area contributed by atoms with Crippen molar-refractivity contribution >= 4 is 43.5 Å². The summed E-state index contributed by atoms with van der Waals surface area (Å²) >= 11 is 6.21. The van der Waals surface area contributed by atoms with Gasteiger partial charge in [0.2, 0.25) is 0 Å². The van der Waals surface area contributed by atoms with Crippen LogP contribution in [0.3, 0.4) is 0 Å². The van der Waals surface area contributed by atoms with E-state index in [-0.39, 0.29) is 24.0 Å². The molecule has 0 saturated heterocycles. The molecule has 3 rings (SSSR count). The Morgan fingerprint density at radius 1 is 1.00 bits per heavy atom. The Bertz CT molecular complexity index is 1050. The van der Waals surface area contributed by atoms with Gasteiger partial charge in [0.25, 0.3) is 0 Å². The first-order valence-electron chi connectivity index (χ1n) is 9.41. The van der Waals surface area contributed by atoms with Crippen molar-refractivity contribution < 1.29 is 35.5 Å². The number of hydrogen-bond acceptors (Lipinski definition) is 1. The first kappa shape index (κ1) is 25.0. The van der Waals surface area contributed by atoms with Gasteiger partial charge in [0.1, 0.15) is 11.7 Å². The van der Waals surface area contributed by atoms with E-state index in [2.05, 4.69) is 31.9 Å². The van der Waals surface area contributed by atoms with E-state index in [4.69, 9.17) is 0 Å². The summed E-state index contributed by atoms with van der Waals surface area (Å²) < 4.78 is 97.0. The summed E-state index contributed by atoms with van der Waals surface area (Å²) in [6.07, 6.45) is -8.16. The van der Waals surface area contributed by atoms with Crippen LogP contribution in [-0.4, -0.2) is 12.0 Å². The Hall–Kier alpha value is -1.68. The molecule has 2 aromatic carbocycles. The van der Waals surface area contributed by atoms with Gasteiger partial charge < -0.3 is 0 Å². The van der Waals surface area contributed by atoms with Crippen LogP contribution in [0.1, 0.15) is 52.2 Å². The highest BCUT2D eigenvalue weighted by molar-refractivity contribution is 9.13. The summed E-state index contributed by atoms with van der Waals surface area (Å²) in [4.78, 5) is 12.2. The maximum atomic E-state index is 14.8. The molecular formula is C22H15Br2F7O. The predicted molar refractivity (Wildman–Crippen MR) is 113 cm³/mol. The summed E-state index contributed by atoms with van der Waals surface area (Å²) in [5.41, 5.74) is -2.95. The molecule has 1 atom stereocenters. The smallest absolute Gasteiger partial charge is 0.294 e. The number of rotatable bonds is 6. The summed E-state index contributed by atoms with van der Waals surface area (Å²) in [6.45, 7) is 0. The van der Waals surface area contributed by atoms with Crippen LogP contribution in [0.4, 0.5) is 30.7 Å². The standard InChI is InChI=1S/C22H15Br2F7O/c23-17-6-4-12(9-18(17)24)15(21(26,27)28)10-19(25)13-3-5-14(16(8-13)22(29,30)31)20(32)7-11-1-2-11/h3-6,8-11,15H,1-2,7H2/b19-10-. The van der Waals surface area contributed by atoms with Gasteiger partial charge in [-0.15, -0.1) is 0 Å². The van der Waals surface area contributed by atoms with E-state index < -0.39 is 46.6 Å². The molecule has 1 aliphatic carbocycles. The Balaban J connectivity index is 2.02. The van der Waals surface area contributed by atoms with Gasteiger partial charge in [-0.3, -0.25) is 4.79 Å². The topological polar surface area (TPSA) is 17.1 Å². The number of Topliss-reactive ketones (excluding diaryl/α,β-unsaturated/α-hetero) is 1. The molecule has 1 saturated carbocycles. The van der Waals surface area contributed by atoms with Gasteiger partial charge in [-0.2, -0.15) is 26.3 Å². The molecule has 0 N–H and O–H groups in total. The van der Waals surface area contributed by atoms with Crippen LogP contribution in [0, 0.1) is 5.92 Å². The number of benzene rings is 2. The van der Waals surface area contributed by atoms with Gasteiger partial charge in [0.05, 0.1) is 5.56 Å². The molecule has 10 heteroatoms. The highest BCUT2D eigenvalue weighted by atomic mass is 79.9. The van der Waals surface area contributed by atoms with Crippen molar-refractivity contribution in [2.24, 2.45) is 5.92 Å². The van der Waals surface area contributed by atoms with Crippen LogP contribution in [0.15, 0.2) is 51.4 Å². The van der Waals surface area contributed by atoms with Crippen molar-refractivity contribution in [1.29, 1.82) is 0 Å². The van der Waals surface area contributed by atoms with E-state index in [0.717, 1.165) is 37.1 Å². The largest absolute Gasteiger partial charge is 0.417 e. The minimum Gasteiger partial charge on any atom is -0.294 e. The number of allylic oxidation sites excluding steroid dienone is 1. The minimum absolute atomic E-state index is 0.0395. The number of halogens is 9. The molecule has 0 heterocycles. The molecule has 172 valence electrons. The second-order valence-electron chi connectivity index (χ2n) is 7.54. The monoisotopic (exact) mass is 586 g/mol. The Labute approximate surface area is 195 Å². The van der Waals surface area contributed by atoms with E-state index >= 15 is 0 Å². The molecular weight excluding hydrogens is 573 g/mol. The Morgan fingerprint density at radius 2 is 1.66 bits per heavy atom. The zero-order valence-electron chi connectivity index (χ0n) is 16.1. The van der Waals surface area contributed by atoms with Crippen molar-refractivity contribution in [2.75, 3.05) is 0 Å².